The Kier molecular flexibility index (Phi) is 7.23. The molecule has 0 aliphatic carbocycles. The van der Waals surface area contributed by atoms with E-state index in [2.05, 4.69) is 17.4 Å². The highest BCUT2D eigenvalue weighted by Gasteiger charge is 2.39. The predicted molar refractivity (Wildman–Crippen MR) is 120 cm³/mol. The van der Waals surface area contributed by atoms with Crippen LogP contribution in [0.25, 0.3) is 0 Å². The number of amides is 2. The number of aliphatic imine (C=N–C) groups is 1. The van der Waals surface area contributed by atoms with E-state index in [9.17, 15) is 9.59 Å². The topological polar surface area (TPSA) is 80.2 Å². The number of carbonyl (C=O) groups excluding carboxylic acids is 2. The minimum atomic E-state index is -0.596. The minimum absolute atomic E-state index is 0.0419. The molecule has 0 aromatic heterocycles. The number of benzene rings is 1. The van der Waals surface area contributed by atoms with Gasteiger partial charge >= 0.3 is 6.09 Å². The SMILES string of the molecule is CC(C)[C@H](NC(=O)[C@@H]1CCCN1C(=O)OC(C)(C)C)C1=N[C@@H](Cc2ccccc2)CO1. The molecule has 170 valence electrons. The zero-order chi connectivity index (χ0) is 22.6. The summed E-state index contributed by atoms with van der Waals surface area (Å²) in [5.74, 6) is 0.500. The van der Waals surface area contributed by atoms with Crippen LogP contribution in [0.4, 0.5) is 4.79 Å². The van der Waals surface area contributed by atoms with Crippen molar-refractivity contribution in [3.05, 3.63) is 35.9 Å². The van der Waals surface area contributed by atoms with E-state index >= 15 is 0 Å². The number of hydrogen-bond acceptors (Lipinski definition) is 5. The molecule has 2 amide bonds. The molecule has 2 aliphatic rings. The zero-order valence-electron chi connectivity index (χ0n) is 19.3. The summed E-state index contributed by atoms with van der Waals surface area (Å²) in [6, 6.07) is 9.39. The molecule has 7 heteroatoms. The number of nitrogens with zero attached hydrogens (tertiary/aromatic N) is 2. The fourth-order valence-electron chi connectivity index (χ4n) is 3.94. The average Bonchev–Trinajstić information content (AvgIpc) is 3.35. The highest BCUT2D eigenvalue weighted by Crippen LogP contribution is 2.22. The maximum absolute atomic E-state index is 13.1. The smallest absolute Gasteiger partial charge is 0.410 e. The van der Waals surface area contributed by atoms with Crippen molar-refractivity contribution in [3.8, 4) is 0 Å². The van der Waals surface area contributed by atoms with Crippen molar-refractivity contribution in [2.75, 3.05) is 13.2 Å². The second-order valence-corrected chi connectivity index (χ2v) is 9.68. The molecule has 0 bridgehead atoms. The molecule has 0 radical (unpaired) electrons. The largest absolute Gasteiger partial charge is 0.477 e. The van der Waals surface area contributed by atoms with Gasteiger partial charge in [-0.2, -0.15) is 0 Å². The van der Waals surface area contributed by atoms with Crippen LogP contribution in [0.1, 0.15) is 53.0 Å². The number of carbonyl (C=O) groups is 2. The number of hydrogen-bond donors (Lipinski definition) is 1. The maximum Gasteiger partial charge on any atom is 0.410 e. The van der Waals surface area contributed by atoms with Crippen LogP contribution in [-0.2, 0) is 20.7 Å². The molecule has 1 N–H and O–H groups in total. The Morgan fingerprint density at radius 2 is 1.97 bits per heavy atom. The third kappa shape index (κ3) is 6.21. The van der Waals surface area contributed by atoms with Crippen molar-refractivity contribution in [3.63, 3.8) is 0 Å². The summed E-state index contributed by atoms with van der Waals surface area (Å²) >= 11 is 0. The Morgan fingerprint density at radius 3 is 2.61 bits per heavy atom. The van der Waals surface area contributed by atoms with Gasteiger partial charge in [0.25, 0.3) is 0 Å². The van der Waals surface area contributed by atoms with E-state index in [1.165, 1.54) is 10.5 Å². The molecule has 0 unspecified atom stereocenters. The third-order valence-electron chi connectivity index (χ3n) is 5.46. The van der Waals surface area contributed by atoms with Gasteiger partial charge in [-0.05, 0) is 51.5 Å². The van der Waals surface area contributed by atoms with E-state index in [1.54, 1.807) is 0 Å². The average molecular weight is 430 g/mol. The van der Waals surface area contributed by atoms with E-state index in [-0.39, 0.29) is 23.9 Å². The van der Waals surface area contributed by atoms with Crippen LogP contribution in [0.3, 0.4) is 0 Å². The van der Waals surface area contributed by atoms with Gasteiger partial charge in [-0.3, -0.25) is 9.69 Å². The van der Waals surface area contributed by atoms with Crippen LogP contribution >= 0.6 is 0 Å². The van der Waals surface area contributed by atoms with Crippen molar-refractivity contribution in [2.45, 2.75) is 77.6 Å². The van der Waals surface area contributed by atoms with Gasteiger partial charge in [-0.15, -0.1) is 0 Å². The first-order chi connectivity index (χ1) is 14.6. The van der Waals surface area contributed by atoms with Crippen LogP contribution in [0, 0.1) is 5.92 Å². The van der Waals surface area contributed by atoms with Crippen LogP contribution in [0.5, 0.6) is 0 Å². The van der Waals surface area contributed by atoms with E-state index in [0.717, 1.165) is 12.8 Å². The monoisotopic (exact) mass is 429 g/mol. The Bertz CT molecular complexity index is 801. The minimum Gasteiger partial charge on any atom is -0.477 e. The lowest BCUT2D eigenvalue weighted by molar-refractivity contribution is -0.126. The lowest BCUT2D eigenvalue weighted by Gasteiger charge is -2.29. The van der Waals surface area contributed by atoms with Gasteiger partial charge in [0.15, 0.2) is 0 Å². The summed E-state index contributed by atoms with van der Waals surface area (Å²) in [4.78, 5) is 31.9. The summed E-state index contributed by atoms with van der Waals surface area (Å²) in [5.41, 5.74) is 0.617. The highest BCUT2D eigenvalue weighted by molar-refractivity contribution is 5.92. The van der Waals surface area contributed by atoms with Crippen molar-refractivity contribution >= 4 is 17.9 Å². The third-order valence-corrected chi connectivity index (χ3v) is 5.46. The number of ether oxygens (including phenoxy) is 2. The molecule has 7 nitrogen and oxygen atoms in total. The predicted octanol–water partition coefficient (Wildman–Crippen LogP) is 3.57. The molecule has 0 saturated carbocycles. The molecular weight excluding hydrogens is 394 g/mol. The Balaban J connectivity index is 1.65. The number of likely N-dealkylation sites (tertiary alicyclic amines) is 1. The van der Waals surface area contributed by atoms with Crippen LogP contribution < -0.4 is 5.32 Å². The van der Waals surface area contributed by atoms with Crippen LogP contribution in [0.2, 0.25) is 0 Å². The molecule has 1 aromatic carbocycles. The number of nitrogens with one attached hydrogen (secondary N) is 1. The molecule has 3 atom stereocenters. The molecule has 1 saturated heterocycles. The van der Waals surface area contributed by atoms with Crippen molar-refractivity contribution in [1.82, 2.24) is 10.2 Å². The lowest BCUT2D eigenvalue weighted by atomic mass is 10.0. The normalized spacial score (nSPS) is 22.1. The quantitative estimate of drug-likeness (QED) is 0.750. The van der Waals surface area contributed by atoms with Gasteiger partial charge in [0, 0.05) is 6.54 Å². The summed E-state index contributed by atoms with van der Waals surface area (Å²) in [7, 11) is 0. The molecule has 1 aromatic rings. The van der Waals surface area contributed by atoms with Crippen molar-refractivity contribution < 1.29 is 19.1 Å². The second kappa shape index (κ2) is 9.71. The zero-order valence-corrected chi connectivity index (χ0v) is 19.3. The van der Waals surface area contributed by atoms with Crippen molar-refractivity contribution in [1.29, 1.82) is 0 Å². The van der Waals surface area contributed by atoms with Gasteiger partial charge in [-0.1, -0.05) is 44.2 Å². The van der Waals surface area contributed by atoms with E-state index in [1.807, 2.05) is 52.8 Å². The molecule has 31 heavy (non-hydrogen) atoms. The molecule has 2 aliphatic heterocycles. The molecule has 3 rings (SSSR count). The van der Waals surface area contributed by atoms with Gasteiger partial charge < -0.3 is 14.8 Å². The van der Waals surface area contributed by atoms with Gasteiger partial charge in [0.1, 0.15) is 24.3 Å². The Labute approximate surface area is 185 Å². The Morgan fingerprint density at radius 1 is 1.26 bits per heavy atom. The first kappa shape index (κ1) is 23.1. The fraction of sp³-hybridized carbons (Fsp3) is 0.625. The molecule has 0 spiro atoms. The summed E-state index contributed by atoms with van der Waals surface area (Å²) in [6.07, 6.45) is 1.77. The van der Waals surface area contributed by atoms with E-state index in [0.29, 0.717) is 25.5 Å². The summed E-state index contributed by atoms with van der Waals surface area (Å²) in [6.45, 7) is 10.6. The van der Waals surface area contributed by atoms with Crippen molar-refractivity contribution in [2.24, 2.45) is 10.9 Å². The van der Waals surface area contributed by atoms with E-state index in [4.69, 9.17) is 14.5 Å². The van der Waals surface area contributed by atoms with Crippen LogP contribution in [0.15, 0.2) is 35.3 Å². The molecular formula is C24H35N3O4. The van der Waals surface area contributed by atoms with Gasteiger partial charge in [0.05, 0.1) is 6.04 Å². The lowest BCUT2D eigenvalue weighted by Crippen LogP contribution is -2.53. The first-order valence-corrected chi connectivity index (χ1v) is 11.2. The maximum atomic E-state index is 13.1. The van der Waals surface area contributed by atoms with Crippen LogP contribution in [-0.4, -0.2) is 59.7 Å². The first-order valence-electron chi connectivity index (χ1n) is 11.2. The summed E-state index contributed by atoms with van der Waals surface area (Å²) < 4.78 is 11.4. The summed E-state index contributed by atoms with van der Waals surface area (Å²) in [5, 5.41) is 3.09. The number of rotatable bonds is 6. The van der Waals surface area contributed by atoms with E-state index < -0.39 is 17.7 Å². The van der Waals surface area contributed by atoms with Gasteiger partial charge in [0.2, 0.25) is 11.8 Å². The standard InChI is InChI=1S/C24H35N3O4/c1-16(2)20(22-25-18(15-30-22)14-17-10-7-6-8-11-17)26-21(28)19-12-9-13-27(19)23(29)31-24(3,4)5/h6-8,10-11,16,18-20H,9,12-15H2,1-5H3,(H,26,28)/t18-,19-,20-/m0/s1. The highest BCUT2D eigenvalue weighted by atomic mass is 16.6. The molecule has 2 heterocycles. The fourth-order valence-corrected chi connectivity index (χ4v) is 3.94. The van der Waals surface area contributed by atoms with Gasteiger partial charge in [-0.25, -0.2) is 9.79 Å². The molecule has 1 fully saturated rings. The Hall–Kier alpha value is -2.57. The second-order valence-electron chi connectivity index (χ2n) is 9.68.